The van der Waals surface area contributed by atoms with Crippen molar-refractivity contribution < 1.29 is 9.90 Å². The normalized spacial score (nSPS) is 23.1. The lowest BCUT2D eigenvalue weighted by Gasteiger charge is -2.21. The number of carbonyl (C=O) groups excluding carboxylic acids is 1. The average Bonchev–Trinajstić information content (AvgIpc) is 2.78. The topological polar surface area (TPSA) is 52.6 Å². The van der Waals surface area contributed by atoms with Crippen molar-refractivity contribution in [3.63, 3.8) is 0 Å². The van der Waals surface area contributed by atoms with Gasteiger partial charge in [0.1, 0.15) is 0 Å². The van der Waals surface area contributed by atoms with Crippen LogP contribution < -0.4 is 5.32 Å². The van der Waals surface area contributed by atoms with Crippen molar-refractivity contribution in [3.8, 4) is 0 Å². The molecule has 2 atom stereocenters. The van der Waals surface area contributed by atoms with E-state index >= 15 is 0 Å². The number of hydrogen-bond donors (Lipinski definition) is 2. The predicted octanol–water partition coefficient (Wildman–Crippen LogP) is 1.02. The Morgan fingerprint density at radius 2 is 2.28 bits per heavy atom. The van der Waals surface area contributed by atoms with Crippen molar-refractivity contribution in [2.75, 3.05) is 13.6 Å². The fourth-order valence-electron chi connectivity index (χ4n) is 2.13. The van der Waals surface area contributed by atoms with Crippen LogP contribution in [0.4, 0.5) is 0 Å². The van der Waals surface area contributed by atoms with Gasteiger partial charge in [0.05, 0.1) is 12.1 Å². The molecule has 0 radical (unpaired) electrons. The highest BCUT2D eigenvalue weighted by Gasteiger charge is 2.30. The summed E-state index contributed by atoms with van der Waals surface area (Å²) in [7, 11) is 1.75. The molecule has 1 amide bonds. The maximum Gasteiger partial charge on any atom is 0.239 e. The Hall–Kier alpha value is -1.10. The highest BCUT2D eigenvalue weighted by molar-refractivity contribution is 6.31. The number of rotatable bonds is 3. The highest BCUT2D eigenvalue weighted by atomic mass is 35.5. The summed E-state index contributed by atoms with van der Waals surface area (Å²) < 4.78 is 0. The van der Waals surface area contributed by atoms with E-state index in [9.17, 15) is 9.90 Å². The van der Waals surface area contributed by atoms with Gasteiger partial charge in [0.2, 0.25) is 5.91 Å². The number of β-amino-alcohol motifs (C(OH)–C–C–N with tert-alkyl or cyclic N) is 1. The molecule has 0 saturated carbocycles. The zero-order valence-corrected chi connectivity index (χ0v) is 11.0. The molecule has 5 heteroatoms. The van der Waals surface area contributed by atoms with Gasteiger partial charge in [-0.3, -0.25) is 4.79 Å². The van der Waals surface area contributed by atoms with Gasteiger partial charge < -0.3 is 15.3 Å². The molecule has 1 saturated heterocycles. The summed E-state index contributed by atoms with van der Waals surface area (Å²) in [6.45, 7) is 0.961. The predicted molar refractivity (Wildman–Crippen MR) is 70.3 cm³/mol. The van der Waals surface area contributed by atoms with Gasteiger partial charge in [-0.25, -0.2) is 0 Å². The van der Waals surface area contributed by atoms with Crippen molar-refractivity contribution >= 4 is 17.5 Å². The molecule has 1 aliphatic rings. The third kappa shape index (κ3) is 3.02. The lowest BCUT2D eigenvalue weighted by Crippen LogP contribution is -2.41. The molecule has 2 rings (SSSR count). The first-order valence-corrected chi connectivity index (χ1v) is 6.35. The van der Waals surface area contributed by atoms with Crippen LogP contribution in [0.15, 0.2) is 24.3 Å². The van der Waals surface area contributed by atoms with Gasteiger partial charge in [-0.1, -0.05) is 29.8 Å². The SMILES string of the molecule is CN(Cc1ccccc1Cl)C(=O)[C@H]1C[C@H](O)CN1. The zero-order valence-electron chi connectivity index (χ0n) is 10.3. The average molecular weight is 269 g/mol. The van der Waals surface area contributed by atoms with Crippen LogP contribution >= 0.6 is 11.6 Å². The summed E-state index contributed by atoms with van der Waals surface area (Å²) in [5.74, 6) is -0.00790. The number of aliphatic hydroxyl groups excluding tert-OH is 1. The van der Waals surface area contributed by atoms with Gasteiger partial charge in [-0.15, -0.1) is 0 Å². The van der Waals surface area contributed by atoms with Crippen LogP contribution in [-0.2, 0) is 11.3 Å². The summed E-state index contributed by atoms with van der Waals surface area (Å²) in [6, 6.07) is 7.20. The standard InChI is InChI=1S/C13H17ClN2O2/c1-16(8-9-4-2-3-5-11(9)14)13(18)12-6-10(17)7-15-12/h2-5,10,12,15,17H,6-8H2,1H3/t10-,12+/m0/s1. The van der Waals surface area contributed by atoms with E-state index in [4.69, 9.17) is 11.6 Å². The smallest absolute Gasteiger partial charge is 0.239 e. The van der Waals surface area contributed by atoms with Gasteiger partial charge in [-0.05, 0) is 18.1 Å². The minimum absolute atomic E-state index is 0.00790. The summed E-state index contributed by atoms with van der Waals surface area (Å²) in [5.41, 5.74) is 0.925. The highest BCUT2D eigenvalue weighted by Crippen LogP contribution is 2.17. The molecule has 0 spiro atoms. The van der Waals surface area contributed by atoms with Gasteiger partial charge in [-0.2, -0.15) is 0 Å². The first-order chi connectivity index (χ1) is 8.58. The minimum atomic E-state index is -0.423. The van der Waals surface area contributed by atoms with Gasteiger partial charge in [0.25, 0.3) is 0 Å². The number of nitrogens with one attached hydrogen (secondary N) is 1. The van der Waals surface area contributed by atoms with Crippen LogP contribution in [0, 0.1) is 0 Å². The van der Waals surface area contributed by atoms with Crippen molar-refractivity contribution in [2.45, 2.75) is 25.1 Å². The number of halogens is 1. The van der Waals surface area contributed by atoms with E-state index in [1.165, 1.54) is 0 Å². The Morgan fingerprint density at radius 3 is 2.89 bits per heavy atom. The van der Waals surface area contributed by atoms with Gasteiger partial charge in [0, 0.05) is 25.2 Å². The molecular formula is C13H17ClN2O2. The minimum Gasteiger partial charge on any atom is -0.392 e. The monoisotopic (exact) mass is 268 g/mol. The zero-order chi connectivity index (χ0) is 13.1. The molecule has 4 nitrogen and oxygen atoms in total. The molecular weight excluding hydrogens is 252 g/mol. The molecule has 1 aromatic carbocycles. The maximum absolute atomic E-state index is 12.1. The Labute approximate surface area is 112 Å². The van der Waals surface area contributed by atoms with E-state index in [1.807, 2.05) is 24.3 Å². The van der Waals surface area contributed by atoms with Crippen LogP contribution in [0.3, 0.4) is 0 Å². The fraction of sp³-hybridized carbons (Fsp3) is 0.462. The van der Waals surface area contributed by atoms with E-state index in [0.717, 1.165) is 5.56 Å². The van der Waals surface area contributed by atoms with E-state index in [-0.39, 0.29) is 11.9 Å². The van der Waals surface area contributed by atoms with Crippen molar-refractivity contribution in [2.24, 2.45) is 0 Å². The van der Waals surface area contributed by atoms with E-state index in [0.29, 0.717) is 24.5 Å². The Balaban J connectivity index is 1.98. The molecule has 1 heterocycles. The summed E-state index contributed by atoms with van der Waals surface area (Å²) in [5, 5.41) is 13.1. The number of likely N-dealkylation sites (N-methyl/N-ethyl adjacent to an activating group) is 1. The van der Waals surface area contributed by atoms with Crippen LogP contribution in [0.5, 0.6) is 0 Å². The summed E-state index contributed by atoms with van der Waals surface area (Å²) >= 11 is 6.06. The number of carbonyl (C=O) groups is 1. The molecule has 18 heavy (non-hydrogen) atoms. The molecule has 0 bridgehead atoms. The van der Waals surface area contributed by atoms with Crippen LogP contribution in [-0.4, -0.2) is 41.7 Å². The first-order valence-electron chi connectivity index (χ1n) is 5.97. The molecule has 1 aromatic rings. The maximum atomic E-state index is 12.1. The van der Waals surface area contributed by atoms with Crippen LogP contribution in [0.25, 0.3) is 0 Å². The van der Waals surface area contributed by atoms with Crippen molar-refractivity contribution in [3.05, 3.63) is 34.9 Å². The number of hydrogen-bond acceptors (Lipinski definition) is 3. The van der Waals surface area contributed by atoms with Crippen molar-refractivity contribution in [1.29, 1.82) is 0 Å². The molecule has 1 fully saturated rings. The number of amides is 1. The molecule has 0 aliphatic carbocycles. The molecule has 98 valence electrons. The second-order valence-corrected chi connectivity index (χ2v) is 5.04. The Morgan fingerprint density at radius 1 is 1.56 bits per heavy atom. The van der Waals surface area contributed by atoms with Crippen LogP contribution in [0.1, 0.15) is 12.0 Å². The largest absolute Gasteiger partial charge is 0.392 e. The third-order valence-corrected chi connectivity index (χ3v) is 3.52. The quantitative estimate of drug-likeness (QED) is 0.861. The first kappa shape index (κ1) is 13.3. The molecule has 1 aliphatic heterocycles. The number of aliphatic hydroxyl groups is 1. The van der Waals surface area contributed by atoms with Gasteiger partial charge >= 0.3 is 0 Å². The fourth-order valence-corrected chi connectivity index (χ4v) is 2.33. The second-order valence-electron chi connectivity index (χ2n) is 4.64. The van der Waals surface area contributed by atoms with E-state index in [1.54, 1.807) is 11.9 Å². The lowest BCUT2D eigenvalue weighted by atomic mass is 10.1. The third-order valence-electron chi connectivity index (χ3n) is 3.15. The summed E-state index contributed by atoms with van der Waals surface area (Å²) in [6.07, 6.45) is 0.0544. The van der Waals surface area contributed by atoms with E-state index in [2.05, 4.69) is 5.32 Å². The Bertz CT molecular complexity index is 439. The Kier molecular flexibility index (Phi) is 4.22. The van der Waals surface area contributed by atoms with Gasteiger partial charge in [0.15, 0.2) is 0 Å². The lowest BCUT2D eigenvalue weighted by molar-refractivity contribution is -0.132. The molecule has 0 aromatic heterocycles. The molecule has 0 unspecified atom stereocenters. The van der Waals surface area contributed by atoms with Crippen molar-refractivity contribution in [1.82, 2.24) is 10.2 Å². The summed E-state index contributed by atoms with van der Waals surface area (Å²) in [4.78, 5) is 13.8. The van der Waals surface area contributed by atoms with Crippen LogP contribution in [0.2, 0.25) is 5.02 Å². The number of nitrogens with zero attached hydrogens (tertiary/aromatic N) is 1. The number of benzene rings is 1. The van der Waals surface area contributed by atoms with E-state index < -0.39 is 6.10 Å². The second kappa shape index (κ2) is 5.69. The molecule has 2 N–H and O–H groups in total.